The molecule has 4 rings (SSSR count). The van der Waals surface area contributed by atoms with Crippen molar-refractivity contribution in [3.8, 4) is 0 Å². The van der Waals surface area contributed by atoms with E-state index in [-0.39, 0.29) is 0 Å². The predicted molar refractivity (Wildman–Crippen MR) is 82.7 cm³/mol. The molecule has 0 bridgehead atoms. The van der Waals surface area contributed by atoms with Crippen molar-refractivity contribution in [3.05, 3.63) is 35.5 Å². The normalized spacial score (nSPS) is 24.6. The van der Waals surface area contributed by atoms with Gasteiger partial charge in [-0.25, -0.2) is 0 Å². The maximum absolute atomic E-state index is 5.61. The van der Waals surface area contributed by atoms with Gasteiger partial charge in [0.25, 0.3) is 0 Å². The summed E-state index contributed by atoms with van der Waals surface area (Å²) in [7, 11) is 0. The average molecular weight is 270 g/mol. The molecule has 0 amide bonds. The van der Waals surface area contributed by atoms with E-state index in [1.54, 1.807) is 0 Å². The van der Waals surface area contributed by atoms with Gasteiger partial charge in [-0.15, -0.1) is 0 Å². The van der Waals surface area contributed by atoms with Crippen molar-refractivity contribution in [2.45, 2.75) is 31.2 Å². The van der Waals surface area contributed by atoms with Crippen LogP contribution in [0.15, 0.2) is 24.4 Å². The van der Waals surface area contributed by atoms with Crippen LogP contribution in [-0.2, 0) is 6.42 Å². The van der Waals surface area contributed by atoms with Crippen LogP contribution in [0.4, 0.5) is 0 Å². The lowest BCUT2D eigenvalue weighted by atomic mass is 9.76. The summed E-state index contributed by atoms with van der Waals surface area (Å²) in [6.45, 7) is 2.62. The van der Waals surface area contributed by atoms with Gasteiger partial charge in [-0.1, -0.05) is 12.1 Å². The van der Waals surface area contributed by atoms with Crippen molar-refractivity contribution in [1.82, 2.24) is 9.99 Å². The molecular formula is C16H22N4. The number of aromatic nitrogens is 1. The molecule has 2 aromatic rings. The predicted octanol–water partition coefficient (Wildman–Crippen LogP) is 1.54. The molecule has 0 radical (unpaired) electrons. The van der Waals surface area contributed by atoms with E-state index in [1.165, 1.54) is 41.4 Å². The third-order valence-electron chi connectivity index (χ3n) is 4.79. The van der Waals surface area contributed by atoms with Gasteiger partial charge in [0.05, 0.1) is 5.52 Å². The van der Waals surface area contributed by atoms with Crippen molar-refractivity contribution >= 4 is 10.9 Å². The first-order valence-corrected chi connectivity index (χ1v) is 7.68. The second kappa shape index (κ2) is 4.79. The smallest absolute Gasteiger partial charge is 0.0698 e. The largest absolute Gasteiger partial charge is 0.329 e. The molecule has 0 spiro atoms. The number of piperidine rings is 1. The highest BCUT2D eigenvalue weighted by molar-refractivity contribution is 5.89. The minimum absolute atomic E-state index is 0.618. The molecule has 2 heterocycles. The zero-order valence-electron chi connectivity index (χ0n) is 11.7. The Morgan fingerprint density at radius 3 is 3.25 bits per heavy atom. The highest BCUT2D eigenvalue weighted by Crippen LogP contribution is 2.41. The van der Waals surface area contributed by atoms with Crippen molar-refractivity contribution < 1.29 is 0 Å². The monoisotopic (exact) mass is 270 g/mol. The number of nitrogens with zero attached hydrogens (tertiary/aromatic N) is 1. The molecule has 1 fully saturated rings. The van der Waals surface area contributed by atoms with Gasteiger partial charge in [-0.3, -0.25) is 4.68 Å². The molecular weight excluding hydrogens is 248 g/mol. The van der Waals surface area contributed by atoms with Gasteiger partial charge in [0.15, 0.2) is 0 Å². The van der Waals surface area contributed by atoms with Crippen molar-refractivity contribution in [3.63, 3.8) is 0 Å². The van der Waals surface area contributed by atoms with E-state index in [9.17, 15) is 0 Å². The quantitative estimate of drug-likeness (QED) is 0.793. The fourth-order valence-electron chi connectivity index (χ4n) is 3.95. The van der Waals surface area contributed by atoms with E-state index < -0.39 is 0 Å². The molecule has 2 aliphatic rings. The molecule has 0 saturated carbocycles. The minimum Gasteiger partial charge on any atom is -0.329 e. The number of fused-ring (bicyclic) bond motifs is 2. The van der Waals surface area contributed by atoms with Gasteiger partial charge in [0.1, 0.15) is 0 Å². The van der Waals surface area contributed by atoms with Crippen LogP contribution >= 0.6 is 0 Å². The highest BCUT2D eigenvalue weighted by atomic mass is 15.4. The SMILES string of the molecule is NCCNn1cc2c3c(cccc31)[C@H]1CCCN[C@@H]1C2. The molecule has 1 saturated heterocycles. The van der Waals surface area contributed by atoms with Crippen LogP contribution in [0.1, 0.15) is 29.9 Å². The van der Waals surface area contributed by atoms with Crippen LogP contribution in [0.2, 0.25) is 0 Å². The second-order valence-corrected chi connectivity index (χ2v) is 5.98. The molecule has 1 aromatic carbocycles. The Kier molecular flexibility index (Phi) is 2.93. The lowest BCUT2D eigenvalue weighted by Gasteiger charge is -2.36. The molecule has 4 nitrogen and oxygen atoms in total. The van der Waals surface area contributed by atoms with Crippen LogP contribution in [0.25, 0.3) is 10.9 Å². The first kappa shape index (κ1) is 12.2. The van der Waals surface area contributed by atoms with E-state index in [0.717, 1.165) is 13.0 Å². The maximum Gasteiger partial charge on any atom is 0.0698 e. The van der Waals surface area contributed by atoms with E-state index in [2.05, 4.69) is 39.8 Å². The van der Waals surface area contributed by atoms with Crippen LogP contribution in [0, 0.1) is 0 Å². The molecule has 1 aromatic heterocycles. The summed E-state index contributed by atoms with van der Waals surface area (Å²) in [4.78, 5) is 0. The summed E-state index contributed by atoms with van der Waals surface area (Å²) >= 11 is 0. The van der Waals surface area contributed by atoms with Gasteiger partial charge in [0.2, 0.25) is 0 Å². The Morgan fingerprint density at radius 2 is 2.35 bits per heavy atom. The Labute approximate surface area is 119 Å². The minimum atomic E-state index is 0.618. The summed E-state index contributed by atoms with van der Waals surface area (Å²) in [6, 6.07) is 7.34. The number of rotatable bonds is 3. The summed E-state index contributed by atoms with van der Waals surface area (Å²) in [5, 5.41) is 5.18. The van der Waals surface area contributed by atoms with Crippen LogP contribution in [0.3, 0.4) is 0 Å². The first-order valence-electron chi connectivity index (χ1n) is 7.68. The summed E-state index contributed by atoms with van der Waals surface area (Å²) in [5.41, 5.74) is 13.3. The molecule has 1 aliphatic heterocycles. The summed E-state index contributed by atoms with van der Waals surface area (Å²) in [6.07, 6.45) is 6.02. The van der Waals surface area contributed by atoms with Gasteiger partial charge < -0.3 is 16.5 Å². The summed E-state index contributed by atoms with van der Waals surface area (Å²) < 4.78 is 2.17. The van der Waals surface area contributed by atoms with Gasteiger partial charge >= 0.3 is 0 Å². The topological polar surface area (TPSA) is 55.0 Å². The highest BCUT2D eigenvalue weighted by Gasteiger charge is 2.33. The Balaban J connectivity index is 1.84. The third kappa shape index (κ3) is 1.75. The Bertz CT molecular complexity index is 631. The Hall–Kier alpha value is -1.52. The number of benzene rings is 1. The third-order valence-corrected chi connectivity index (χ3v) is 4.79. The molecule has 20 heavy (non-hydrogen) atoms. The molecule has 2 atom stereocenters. The number of hydrogen-bond donors (Lipinski definition) is 3. The number of nitrogens with two attached hydrogens (primary N) is 1. The fourth-order valence-corrected chi connectivity index (χ4v) is 3.95. The van der Waals surface area contributed by atoms with Gasteiger partial charge in [-0.2, -0.15) is 0 Å². The zero-order valence-corrected chi connectivity index (χ0v) is 11.7. The van der Waals surface area contributed by atoms with Gasteiger partial charge in [-0.05, 0) is 43.0 Å². The van der Waals surface area contributed by atoms with Crippen molar-refractivity contribution in [1.29, 1.82) is 0 Å². The average Bonchev–Trinajstić information content (AvgIpc) is 2.85. The van der Waals surface area contributed by atoms with Crippen LogP contribution in [-0.4, -0.2) is 30.4 Å². The standard InChI is InChI=1S/C16H22N4/c17-6-8-19-20-10-11-9-14-12(4-2-7-18-14)13-3-1-5-15(20)16(11)13/h1,3,5,10,12,14,18-19H,2,4,6-9,17H2/t12-,14-/m1/s1. The van der Waals surface area contributed by atoms with Crippen LogP contribution in [0.5, 0.6) is 0 Å². The number of nitrogens with one attached hydrogen (secondary N) is 2. The summed E-state index contributed by atoms with van der Waals surface area (Å²) in [5.74, 6) is 0.685. The van der Waals surface area contributed by atoms with Crippen molar-refractivity contribution in [2.75, 3.05) is 25.1 Å². The zero-order chi connectivity index (χ0) is 13.5. The molecule has 1 aliphatic carbocycles. The van der Waals surface area contributed by atoms with E-state index in [1.807, 2.05) is 0 Å². The second-order valence-electron chi connectivity index (χ2n) is 5.98. The lowest BCUT2D eigenvalue weighted by Crippen LogP contribution is -2.43. The maximum atomic E-state index is 5.61. The Morgan fingerprint density at radius 1 is 1.40 bits per heavy atom. The molecule has 4 N–H and O–H groups in total. The molecule has 0 unspecified atom stereocenters. The number of hydrogen-bond acceptors (Lipinski definition) is 3. The van der Waals surface area contributed by atoms with E-state index >= 15 is 0 Å². The lowest BCUT2D eigenvalue weighted by molar-refractivity contribution is 0.345. The van der Waals surface area contributed by atoms with E-state index in [0.29, 0.717) is 18.5 Å². The fraction of sp³-hybridized carbons (Fsp3) is 0.500. The van der Waals surface area contributed by atoms with Crippen molar-refractivity contribution in [2.24, 2.45) is 5.73 Å². The molecule has 4 heteroatoms. The molecule has 106 valence electrons. The van der Waals surface area contributed by atoms with E-state index in [4.69, 9.17) is 5.73 Å². The van der Waals surface area contributed by atoms with Crippen LogP contribution < -0.4 is 16.5 Å². The van der Waals surface area contributed by atoms with Gasteiger partial charge in [0, 0.05) is 36.6 Å². The first-order chi connectivity index (χ1) is 9.88.